The highest BCUT2D eigenvalue weighted by molar-refractivity contribution is 6.48. The number of amidine groups is 1. The summed E-state index contributed by atoms with van der Waals surface area (Å²) in [5.74, 6) is -2.00. The maximum absolute atomic E-state index is 11.4. The summed E-state index contributed by atoms with van der Waals surface area (Å²) in [6.07, 6.45) is 0. The molecule has 0 aliphatic heterocycles. The van der Waals surface area contributed by atoms with E-state index in [1.807, 2.05) is 0 Å². The van der Waals surface area contributed by atoms with E-state index >= 15 is 0 Å². The number of oxime groups is 2. The molecule has 0 fully saturated rings. The van der Waals surface area contributed by atoms with Gasteiger partial charge in [-0.1, -0.05) is 22.4 Å². The smallest absolute Gasteiger partial charge is 0.332 e. The Morgan fingerprint density at radius 1 is 1.04 bits per heavy atom. The van der Waals surface area contributed by atoms with Crippen LogP contribution >= 0.6 is 0 Å². The van der Waals surface area contributed by atoms with Gasteiger partial charge in [0.15, 0.2) is 11.5 Å². The van der Waals surface area contributed by atoms with Crippen molar-refractivity contribution in [2.45, 2.75) is 20.8 Å². The van der Waals surface area contributed by atoms with Crippen LogP contribution in [0.2, 0.25) is 0 Å². The van der Waals surface area contributed by atoms with E-state index in [4.69, 9.17) is 0 Å². The molecule has 1 amide bonds. The molecule has 2 aromatic rings. The summed E-state index contributed by atoms with van der Waals surface area (Å²) < 4.78 is 0. The van der Waals surface area contributed by atoms with Crippen LogP contribution in [-0.4, -0.2) is 39.4 Å². The van der Waals surface area contributed by atoms with Gasteiger partial charge in [-0.3, -0.25) is 4.79 Å². The molecule has 130 valence electrons. The third-order valence-electron chi connectivity index (χ3n) is 2.66. The normalized spacial score (nSPS) is 12.0. The van der Waals surface area contributed by atoms with Crippen molar-refractivity contribution in [2.24, 2.45) is 10.3 Å². The lowest BCUT2D eigenvalue weighted by atomic mass is 10.3. The Morgan fingerprint density at radius 2 is 1.68 bits per heavy atom. The zero-order chi connectivity index (χ0) is 18.4. The van der Waals surface area contributed by atoms with Crippen LogP contribution in [0.25, 0.3) is 11.0 Å². The molecule has 0 unspecified atom stereocenters. The molecule has 0 bridgehead atoms. The monoisotopic (exact) mass is 345 g/mol. The fraction of sp³-hybridized carbons (Fsp3) is 0.200. The number of hydrogen-bond acceptors (Lipinski definition) is 8. The average Bonchev–Trinajstić information content (AvgIpc) is 2.95. The van der Waals surface area contributed by atoms with E-state index in [0.29, 0.717) is 11.0 Å². The van der Waals surface area contributed by atoms with Crippen molar-refractivity contribution in [3.05, 3.63) is 30.1 Å². The van der Waals surface area contributed by atoms with Crippen molar-refractivity contribution in [1.82, 2.24) is 15.3 Å². The van der Waals surface area contributed by atoms with Gasteiger partial charge in [-0.25, -0.2) is 14.6 Å². The van der Waals surface area contributed by atoms with Crippen molar-refractivity contribution < 1.29 is 24.1 Å². The third-order valence-corrected chi connectivity index (χ3v) is 2.66. The van der Waals surface area contributed by atoms with Crippen molar-refractivity contribution in [2.75, 3.05) is 0 Å². The molecule has 0 spiro atoms. The topological polar surface area (TPSA) is 135 Å². The van der Waals surface area contributed by atoms with E-state index in [2.05, 4.69) is 35.3 Å². The van der Waals surface area contributed by atoms with Gasteiger partial charge in [-0.05, 0) is 12.1 Å². The number of fused-ring (bicyclic) bond motifs is 1. The number of rotatable bonds is 4. The lowest BCUT2D eigenvalue weighted by Crippen LogP contribution is -2.36. The second-order valence-corrected chi connectivity index (χ2v) is 4.83. The first-order valence-electron chi connectivity index (χ1n) is 7.11. The fourth-order valence-corrected chi connectivity index (χ4v) is 1.78. The second-order valence-electron chi connectivity index (χ2n) is 4.83. The van der Waals surface area contributed by atoms with E-state index in [0.717, 1.165) is 13.8 Å². The van der Waals surface area contributed by atoms with Crippen molar-refractivity contribution >= 4 is 40.4 Å². The molecule has 0 aliphatic rings. The Balaban J connectivity index is 2.53. The number of para-hydroxylation sites is 2. The quantitative estimate of drug-likeness (QED) is 0.365. The van der Waals surface area contributed by atoms with E-state index < -0.39 is 17.8 Å². The molecule has 1 aromatic heterocycles. The van der Waals surface area contributed by atoms with Crippen LogP contribution in [0.1, 0.15) is 26.6 Å². The van der Waals surface area contributed by atoms with Crippen LogP contribution in [0.4, 0.5) is 0 Å². The molecule has 10 nitrogen and oxygen atoms in total. The number of benzene rings is 1. The lowest BCUT2D eigenvalue weighted by molar-refractivity contribution is -0.142. The molecule has 0 saturated carbocycles. The van der Waals surface area contributed by atoms with Crippen LogP contribution in [0, 0.1) is 0 Å². The highest BCUT2D eigenvalue weighted by atomic mass is 16.7. The summed E-state index contributed by atoms with van der Waals surface area (Å²) in [6.45, 7) is 3.52. The van der Waals surface area contributed by atoms with Gasteiger partial charge in [0.2, 0.25) is 11.7 Å². The number of aromatic nitrogens is 2. The second kappa shape index (κ2) is 7.81. The summed E-state index contributed by atoms with van der Waals surface area (Å²) in [4.78, 5) is 50.0. The van der Waals surface area contributed by atoms with E-state index in [1.165, 1.54) is 6.92 Å². The Hall–Kier alpha value is -3.56. The molecule has 1 aromatic carbocycles. The zero-order valence-electron chi connectivity index (χ0n) is 13.7. The molecule has 0 radical (unpaired) electrons. The zero-order valence-corrected chi connectivity index (χ0v) is 13.7. The first kappa shape index (κ1) is 17.8. The maximum Gasteiger partial charge on any atom is 0.332 e. The Bertz CT molecular complexity index is 850. The lowest BCUT2D eigenvalue weighted by Gasteiger charge is -2.07. The largest absolute Gasteiger partial charge is 0.336 e. The van der Waals surface area contributed by atoms with Crippen LogP contribution < -0.4 is 5.32 Å². The number of hydrogen-bond donors (Lipinski definition) is 2. The average molecular weight is 345 g/mol. The van der Waals surface area contributed by atoms with Crippen LogP contribution in [-0.2, 0) is 24.1 Å². The van der Waals surface area contributed by atoms with Gasteiger partial charge in [0.05, 0.1) is 11.0 Å². The van der Waals surface area contributed by atoms with Crippen molar-refractivity contribution in [3.8, 4) is 0 Å². The molecule has 2 N–H and O–H groups in total. The van der Waals surface area contributed by atoms with Crippen molar-refractivity contribution in [3.63, 3.8) is 0 Å². The standard InChI is InChI=1S/C15H15N5O5/c1-8(21)16-15(20-25-10(3)23)13(19-24-9(2)22)14-17-11-6-4-5-7-12(11)18-14/h4-7H,1-3H3,(H,17,18)(H,16,20,21)/b19-13+. The maximum atomic E-state index is 11.4. The highest BCUT2D eigenvalue weighted by Crippen LogP contribution is 2.11. The minimum absolute atomic E-state index is 0.122. The molecule has 0 aliphatic carbocycles. The van der Waals surface area contributed by atoms with E-state index in [-0.39, 0.29) is 17.4 Å². The minimum Gasteiger partial charge on any atom is -0.336 e. The number of nitrogens with one attached hydrogen (secondary N) is 2. The number of imidazole rings is 1. The van der Waals surface area contributed by atoms with Crippen LogP contribution in [0.3, 0.4) is 0 Å². The molecule has 10 heteroatoms. The minimum atomic E-state index is -0.709. The van der Waals surface area contributed by atoms with Crippen LogP contribution in [0.5, 0.6) is 0 Å². The number of amides is 1. The number of nitrogens with zero attached hydrogens (tertiary/aromatic N) is 3. The molecule has 2 rings (SSSR count). The van der Waals surface area contributed by atoms with Gasteiger partial charge in [-0.2, -0.15) is 0 Å². The molecule has 1 heterocycles. The Labute approximate surface area is 141 Å². The van der Waals surface area contributed by atoms with Gasteiger partial charge in [-0.15, -0.1) is 0 Å². The van der Waals surface area contributed by atoms with E-state index in [9.17, 15) is 14.4 Å². The summed E-state index contributed by atoms with van der Waals surface area (Å²) in [7, 11) is 0. The highest BCUT2D eigenvalue weighted by Gasteiger charge is 2.20. The molecular formula is C15H15N5O5. The van der Waals surface area contributed by atoms with Crippen LogP contribution in [0.15, 0.2) is 34.6 Å². The molecule has 0 saturated heterocycles. The molecular weight excluding hydrogens is 330 g/mol. The number of H-pyrrole nitrogens is 1. The molecule has 25 heavy (non-hydrogen) atoms. The Kier molecular flexibility index (Phi) is 5.56. The Morgan fingerprint density at radius 3 is 2.28 bits per heavy atom. The van der Waals surface area contributed by atoms with Gasteiger partial charge in [0, 0.05) is 20.8 Å². The summed E-state index contributed by atoms with van der Waals surface area (Å²) in [5, 5.41) is 9.55. The molecule has 0 atom stereocenters. The first-order chi connectivity index (χ1) is 11.9. The van der Waals surface area contributed by atoms with Gasteiger partial charge in [0.25, 0.3) is 0 Å². The third kappa shape index (κ3) is 4.96. The summed E-state index contributed by atoms with van der Waals surface area (Å²) in [5.41, 5.74) is 1.17. The van der Waals surface area contributed by atoms with Gasteiger partial charge < -0.3 is 20.0 Å². The number of carbonyl (C=O) groups is 3. The fourth-order valence-electron chi connectivity index (χ4n) is 1.78. The van der Waals surface area contributed by atoms with Crippen molar-refractivity contribution in [1.29, 1.82) is 0 Å². The predicted octanol–water partition coefficient (Wildman–Crippen LogP) is 0.843. The number of carbonyl (C=O) groups excluding carboxylic acids is 3. The van der Waals surface area contributed by atoms with E-state index in [1.54, 1.807) is 24.3 Å². The summed E-state index contributed by atoms with van der Waals surface area (Å²) in [6, 6.07) is 7.11. The first-order valence-corrected chi connectivity index (χ1v) is 7.11. The predicted molar refractivity (Wildman–Crippen MR) is 87.4 cm³/mol. The summed E-state index contributed by atoms with van der Waals surface area (Å²) >= 11 is 0. The van der Waals surface area contributed by atoms with Gasteiger partial charge in [0.1, 0.15) is 0 Å². The van der Waals surface area contributed by atoms with Gasteiger partial charge >= 0.3 is 11.9 Å². The number of aromatic amines is 1. The SMILES string of the molecule is CC(=O)NC(=N/OC(C)=O)/C(=N/OC(C)=O)c1nc2ccccc2[nH]1.